The lowest BCUT2D eigenvalue weighted by molar-refractivity contribution is -0.121. The van der Waals surface area contributed by atoms with E-state index in [0.29, 0.717) is 5.92 Å². The fourth-order valence-corrected chi connectivity index (χ4v) is 2.53. The number of Topliss-reactive ketones (excluding diaryl/α,β-unsaturated/α-hetero) is 1. The van der Waals surface area contributed by atoms with E-state index < -0.39 is 0 Å². The molecule has 0 N–H and O–H groups in total. The van der Waals surface area contributed by atoms with Crippen molar-refractivity contribution in [2.24, 2.45) is 5.92 Å². The van der Waals surface area contributed by atoms with Gasteiger partial charge in [0.2, 0.25) is 0 Å². The van der Waals surface area contributed by atoms with Crippen LogP contribution in [0.2, 0.25) is 0 Å². The molecular weight excluding hydrogens is 318 g/mol. The topological polar surface area (TPSA) is 20.3 Å². The molecule has 152 valence electrons. The number of carbonyl (C=O) groups is 1. The first kappa shape index (κ1) is 29.4. The second-order valence-electron chi connectivity index (χ2n) is 6.60. The minimum absolute atomic E-state index is 0.0619. The van der Waals surface area contributed by atoms with Crippen LogP contribution < -0.4 is 0 Å². The van der Waals surface area contributed by atoms with Crippen molar-refractivity contribution in [3.8, 4) is 0 Å². The predicted molar refractivity (Wildman–Crippen MR) is 120 cm³/mol. The van der Waals surface area contributed by atoms with Crippen molar-refractivity contribution >= 4 is 5.78 Å². The number of aryl methyl sites for hydroxylation is 2. The van der Waals surface area contributed by atoms with E-state index >= 15 is 0 Å². The summed E-state index contributed by atoms with van der Waals surface area (Å²) < 4.78 is 0. The van der Waals surface area contributed by atoms with E-state index in [1.807, 2.05) is 32.8 Å². The largest absolute Gasteiger partial charge is 0.300 e. The second kappa shape index (κ2) is 19.9. The van der Waals surface area contributed by atoms with E-state index in [1.165, 1.54) is 17.5 Å². The SMILES string of the molecule is C=C.CC.CC(=O)[C@H](C[C@H](C)CCc1ccccc1C)N(C)C.CCC. The summed E-state index contributed by atoms with van der Waals surface area (Å²) in [6.45, 7) is 20.4. The van der Waals surface area contributed by atoms with Gasteiger partial charge < -0.3 is 0 Å². The van der Waals surface area contributed by atoms with E-state index in [9.17, 15) is 4.79 Å². The average Bonchev–Trinajstić information content (AvgIpc) is 2.62. The third kappa shape index (κ3) is 14.9. The lowest BCUT2D eigenvalue weighted by Crippen LogP contribution is -2.35. The highest BCUT2D eigenvalue weighted by Crippen LogP contribution is 2.18. The van der Waals surface area contributed by atoms with Gasteiger partial charge in [0, 0.05) is 0 Å². The average molecular weight is 364 g/mol. The molecule has 0 saturated heterocycles. The Labute approximate surface area is 164 Å². The van der Waals surface area contributed by atoms with Crippen molar-refractivity contribution in [3.05, 3.63) is 48.6 Å². The molecule has 0 spiro atoms. The van der Waals surface area contributed by atoms with Crippen LogP contribution in [-0.2, 0) is 11.2 Å². The lowest BCUT2D eigenvalue weighted by Gasteiger charge is -2.24. The molecule has 2 heteroatoms. The fraction of sp³-hybridized carbons (Fsp3) is 0.625. The molecule has 0 aliphatic rings. The maximum atomic E-state index is 11.6. The summed E-state index contributed by atoms with van der Waals surface area (Å²) in [6.07, 6.45) is 4.45. The van der Waals surface area contributed by atoms with Gasteiger partial charge in [-0.2, -0.15) is 0 Å². The summed E-state index contributed by atoms with van der Waals surface area (Å²) in [6, 6.07) is 8.62. The van der Waals surface area contributed by atoms with Gasteiger partial charge in [0.1, 0.15) is 5.78 Å². The van der Waals surface area contributed by atoms with Crippen molar-refractivity contribution in [1.82, 2.24) is 4.90 Å². The first-order valence-electron chi connectivity index (χ1n) is 10.0. The van der Waals surface area contributed by atoms with Crippen molar-refractivity contribution in [1.29, 1.82) is 0 Å². The normalized spacial score (nSPS) is 11.6. The Morgan fingerprint density at radius 2 is 1.58 bits per heavy atom. The van der Waals surface area contributed by atoms with Gasteiger partial charge in [-0.3, -0.25) is 9.69 Å². The molecule has 0 radical (unpaired) electrons. The Bertz CT molecular complexity index is 440. The van der Waals surface area contributed by atoms with Gasteiger partial charge >= 0.3 is 0 Å². The molecule has 0 amide bonds. The first-order chi connectivity index (χ1) is 12.3. The van der Waals surface area contributed by atoms with Crippen LogP contribution in [0, 0.1) is 12.8 Å². The minimum Gasteiger partial charge on any atom is -0.300 e. The van der Waals surface area contributed by atoms with E-state index in [2.05, 4.69) is 65.1 Å². The molecule has 1 aromatic rings. The third-order valence-electron chi connectivity index (χ3n) is 3.89. The Morgan fingerprint density at radius 1 is 1.12 bits per heavy atom. The summed E-state index contributed by atoms with van der Waals surface area (Å²) in [5.41, 5.74) is 2.80. The van der Waals surface area contributed by atoms with Crippen LogP contribution in [-0.4, -0.2) is 30.8 Å². The van der Waals surface area contributed by atoms with Gasteiger partial charge in [-0.15, -0.1) is 13.2 Å². The number of benzene rings is 1. The molecule has 1 aromatic carbocycles. The zero-order valence-electron chi connectivity index (χ0n) is 19.1. The van der Waals surface area contributed by atoms with Crippen LogP contribution in [0.1, 0.15) is 71.9 Å². The monoisotopic (exact) mass is 363 g/mol. The van der Waals surface area contributed by atoms with Crippen molar-refractivity contribution < 1.29 is 4.79 Å². The number of nitrogens with zero attached hydrogens (tertiary/aromatic N) is 1. The molecule has 0 heterocycles. The molecule has 0 aromatic heterocycles. The molecule has 1 rings (SSSR count). The molecular formula is C24H45NO. The first-order valence-corrected chi connectivity index (χ1v) is 10.0. The van der Waals surface area contributed by atoms with Crippen LogP contribution in [0.25, 0.3) is 0 Å². The number of hydrogen-bond acceptors (Lipinski definition) is 2. The Hall–Kier alpha value is -1.41. The molecule has 0 aliphatic heterocycles. The van der Waals surface area contributed by atoms with Gasteiger partial charge in [0.05, 0.1) is 6.04 Å². The van der Waals surface area contributed by atoms with Crippen LogP contribution >= 0.6 is 0 Å². The highest BCUT2D eigenvalue weighted by molar-refractivity contribution is 5.81. The van der Waals surface area contributed by atoms with Crippen LogP contribution in [0.15, 0.2) is 37.4 Å². The summed E-state index contributed by atoms with van der Waals surface area (Å²) in [7, 11) is 3.97. The number of ketones is 1. The number of carbonyl (C=O) groups excluding carboxylic acids is 1. The third-order valence-corrected chi connectivity index (χ3v) is 3.89. The van der Waals surface area contributed by atoms with E-state index in [1.54, 1.807) is 6.92 Å². The number of rotatable bonds is 7. The smallest absolute Gasteiger partial charge is 0.146 e. The fourth-order valence-electron chi connectivity index (χ4n) is 2.53. The van der Waals surface area contributed by atoms with Gasteiger partial charge in [-0.1, -0.05) is 65.3 Å². The summed E-state index contributed by atoms with van der Waals surface area (Å²) in [5, 5.41) is 0. The van der Waals surface area contributed by atoms with E-state index in [-0.39, 0.29) is 11.8 Å². The van der Waals surface area contributed by atoms with Crippen LogP contribution in [0.4, 0.5) is 0 Å². The zero-order chi connectivity index (χ0) is 21.1. The minimum atomic E-state index is 0.0619. The van der Waals surface area contributed by atoms with Crippen LogP contribution in [0.5, 0.6) is 0 Å². The zero-order valence-corrected chi connectivity index (χ0v) is 19.1. The van der Waals surface area contributed by atoms with Gasteiger partial charge in [-0.05, 0) is 64.3 Å². The highest BCUT2D eigenvalue weighted by Gasteiger charge is 2.19. The van der Waals surface area contributed by atoms with E-state index in [0.717, 1.165) is 19.3 Å². The van der Waals surface area contributed by atoms with Gasteiger partial charge in [0.15, 0.2) is 0 Å². The van der Waals surface area contributed by atoms with Crippen molar-refractivity contribution in [3.63, 3.8) is 0 Å². The molecule has 0 unspecified atom stereocenters. The molecule has 2 atom stereocenters. The molecule has 26 heavy (non-hydrogen) atoms. The lowest BCUT2D eigenvalue weighted by atomic mass is 9.92. The molecule has 0 bridgehead atoms. The molecule has 0 saturated carbocycles. The maximum Gasteiger partial charge on any atom is 0.146 e. The van der Waals surface area contributed by atoms with E-state index in [4.69, 9.17) is 0 Å². The van der Waals surface area contributed by atoms with Crippen molar-refractivity contribution in [2.45, 2.75) is 80.2 Å². The predicted octanol–water partition coefficient (Wildman–Crippen LogP) is 6.72. The molecule has 0 fully saturated rings. The van der Waals surface area contributed by atoms with Gasteiger partial charge in [0.25, 0.3) is 0 Å². The maximum absolute atomic E-state index is 11.6. The highest BCUT2D eigenvalue weighted by atomic mass is 16.1. The quantitative estimate of drug-likeness (QED) is 0.501. The Morgan fingerprint density at radius 3 is 1.96 bits per heavy atom. The van der Waals surface area contributed by atoms with Gasteiger partial charge in [-0.25, -0.2) is 0 Å². The Kier molecular flexibility index (Phi) is 22.5. The standard InChI is InChI=1S/C17H27NO.C3H8.C2H6.C2H4/c1-13(12-17(15(3)19)18(4)5)10-11-16-9-7-6-8-14(16)2;1-3-2;2*1-2/h6-9,13,17H,10-12H2,1-5H3;3H2,1-2H3;1-2H3;1-2H2/t13-,17+;;;/m1.../s1. The number of hydrogen-bond donors (Lipinski definition) is 0. The Balaban J connectivity index is -0.000000663. The molecule has 2 nitrogen and oxygen atoms in total. The number of likely N-dealkylation sites (N-methyl/N-ethyl adjacent to an activating group) is 1. The van der Waals surface area contributed by atoms with Crippen molar-refractivity contribution in [2.75, 3.05) is 14.1 Å². The summed E-state index contributed by atoms with van der Waals surface area (Å²) in [5.74, 6) is 0.837. The molecule has 0 aliphatic carbocycles. The summed E-state index contributed by atoms with van der Waals surface area (Å²) in [4.78, 5) is 13.6. The summed E-state index contributed by atoms with van der Waals surface area (Å²) >= 11 is 0. The second-order valence-corrected chi connectivity index (χ2v) is 6.60. The van der Waals surface area contributed by atoms with Crippen LogP contribution in [0.3, 0.4) is 0 Å².